The lowest BCUT2D eigenvalue weighted by atomic mass is 9.76. The fourth-order valence-corrected chi connectivity index (χ4v) is 4.33. The number of ketones is 3. The van der Waals surface area contributed by atoms with E-state index in [0.29, 0.717) is 0 Å². The Kier molecular flexibility index (Phi) is 13.3. The molecule has 2 unspecified atom stereocenters. The molecule has 2 aromatic rings. The van der Waals surface area contributed by atoms with Gasteiger partial charge in [0.25, 0.3) is 0 Å². The molecule has 0 fully saturated rings. The zero-order chi connectivity index (χ0) is 31.3. The maximum absolute atomic E-state index is 13.9. The molecule has 0 heterocycles. The largest absolute Gasteiger partial charge is 0.445 e. The molecule has 42 heavy (non-hydrogen) atoms. The molecule has 0 radical (unpaired) electrons. The average Bonchev–Trinajstić information content (AvgIpc) is 2.97. The Hall–Kier alpha value is -4.09. The van der Waals surface area contributed by atoms with Crippen LogP contribution in [0.5, 0.6) is 0 Å². The molecule has 0 spiro atoms. The SMILES string of the molecule is CC(C)CC(NC(=O)OCc1ccccc1)C(=O)C(N)(C(=O)CN)C(=O)C(CC(C)C)NC(=O)OCc1ccccc1. The van der Waals surface area contributed by atoms with Gasteiger partial charge in [-0.3, -0.25) is 14.4 Å². The number of hydrogen-bond donors (Lipinski definition) is 4. The summed E-state index contributed by atoms with van der Waals surface area (Å²) in [6, 6.07) is 15.1. The van der Waals surface area contributed by atoms with E-state index in [1.165, 1.54) is 0 Å². The lowest BCUT2D eigenvalue weighted by Gasteiger charge is -2.33. The minimum atomic E-state index is -2.74. The van der Waals surface area contributed by atoms with Gasteiger partial charge in [0.05, 0.1) is 18.6 Å². The molecule has 0 aromatic heterocycles. The van der Waals surface area contributed by atoms with Crippen molar-refractivity contribution in [2.75, 3.05) is 6.54 Å². The van der Waals surface area contributed by atoms with Gasteiger partial charge in [-0.05, 0) is 35.8 Å². The predicted molar refractivity (Wildman–Crippen MR) is 157 cm³/mol. The van der Waals surface area contributed by atoms with Crippen LogP contribution in [-0.4, -0.2) is 53.7 Å². The van der Waals surface area contributed by atoms with Gasteiger partial charge in [0.15, 0.2) is 22.9 Å². The Labute approximate surface area is 246 Å². The molecule has 11 heteroatoms. The highest BCUT2D eigenvalue weighted by atomic mass is 16.6. The topological polar surface area (TPSA) is 180 Å². The van der Waals surface area contributed by atoms with Crippen molar-refractivity contribution in [2.24, 2.45) is 23.3 Å². The summed E-state index contributed by atoms with van der Waals surface area (Å²) in [5, 5.41) is 4.94. The molecule has 0 aliphatic heterocycles. The Bertz CT molecular complexity index is 1120. The second-order valence-electron chi connectivity index (χ2n) is 10.9. The van der Waals surface area contributed by atoms with Crippen molar-refractivity contribution in [3.8, 4) is 0 Å². The predicted octanol–water partition coefficient (Wildman–Crippen LogP) is 3.03. The zero-order valence-electron chi connectivity index (χ0n) is 24.6. The normalized spacial score (nSPS) is 13.9. The van der Waals surface area contributed by atoms with Gasteiger partial charge >= 0.3 is 12.2 Å². The maximum atomic E-state index is 13.9. The van der Waals surface area contributed by atoms with Gasteiger partial charge in [-0.25, -0.2) is 9.59 Å². The van der Waals surface area contributed by atoms with Crippen LogP contribution >= 0.6 is 0 Å². The van der Waals surface area contributed by atoms with E-state index in [0.717, 1.165) is 11.1 Å². The van der Waals surface area contributed by atoms with E-state index >= 15 is 0 Å². The first-order valence-corrected chi connectivity index (χ1v) is 13.9. The first-order valence-electron chi connectivity index (χ1n) is 13.9. The van der Waals surface area contributed by atoms with E-state index in [1.807, 2.05) is 12.1 Å². The van der Waals surface area contributed by atoms with Crippen LogP contribution in [0.15, 0.2) is 60.7 Å². The number of amides is 2. The van der Waals surface area contributed by atoms with Gasteiger partial charge < -0.3 is 31.6 Å². The van der Waals surface area contributed by atoms with Crippen molar-refractivity contribution in [3.05, 3.63) is 71.8 Å². The smallest absolute Gasteiger partial charge is 0.408 e. The molecule has 2 amide bonds. The first kappa shape index (κ1) is 34.1. The number of alkyl carbamates (subject to hydrolysis) is 2. The molecular formula is C31H42N4O7. The summed E-state index contributed by atoms with van der Waals surface area (Å²) in [6.07, 6.45) is -1.72. The number of hydrogen-bond acceptors (Lipinski definition) is 9. The van der Waals surface area contributed by atoms with E-state index in [1.54, 1.807) is 76.2 Å². The van der Waals surface area contributed by atoms with E-state index in [-0.39, 0.29) is 37.9 Å². The Balaban J connectivity index is 2.29. The van der Waals surface area contributed by atoms with Crippen LogP contribution in [0.2, 0.25) is 0 Å². The number of nitrogens with one attached hydrogen (secondary N) is 2. The molecule has 228 valence electrons. The minimum absolute atomic E-state index is 0.0603. The van der Waals surface area contributed by atoms with Crippen molar-refractivity contribution in [3.63, 3.8) is 0 Å². The second-order valence-corrected chi connectivity index (χ2v) is 10.9. The maximum Gasteiger partial charge on any atom is 0.408 e. The van der Waals surface area contributed by atoms with Crippen LogP contribution < -0.4 is 22.1 Å². The van der Waals surface area contributed by atoms with Crippen molar-refractivity contribution in [1.29, 1.82) is 0 Å². The molecule has 2 atom stereocenters. The molecule has 0 aliphatic rings. The fraction of sp³-hybridized carbons (Fsp3) is 0.452. The van der Waals surface area contributed by atoms with Crippen LogP contribution in [0.25, 0.3) is 0 Å². The summed E-state index contributed by atoms with van der Waals surface area (Å²) >= 11 is 0. The van der Waals surface area contributed by atoms with Gasteiger partial charge in [0.1, 0.15) is 13.2 Å². The zero-order valence-corrected chi connectivity index (χ0v) is 24.6. The van der Waals surface area contributed by atoms with Gasteiger partial charge in [0, 0.05) is 0 Å². The number of rotatable bonds is 16. The van der Waals surface area contributed by atoms with E-state index in [4.69, 9.17) is 20.9 Å². The molecular weight excluding hydrogens is 540 g/mol. The number of ether oxygens (including phenoxy) is 2. The van der Waals surface area contributed by atoms with E-state index in [9.17, 15) is 24.0 Å². The van der Waals surface area contributed by atoms with Crippen LogP contribution in [0.1, 0.15) is 51.7 Å². The monoisotopic (exact) mass is 582 g/mol. The molecule has 0 aliphatic carbocycles. The first-order chi connectivity index (χ1) is 19.9. The molecule has 0 saturated heterocycles. The van der Waals surface area contributed by atoms with Crippen LogP contribution in [0.4, 0.5) is 9.59 Å². The van der Waals surface area contributed by atoms with E-state index < -0.39 is 53.7 Å². The van der Waals surface area contributed by atoms with Crippen molar-refractivity contribution in [2.45, 2.75) is 71.4 Å². The van der Waals surface area contributed by atoms with Gasteiger partial charge in [-0.1, -0.05) is 88.4 Å². The quantitative estimate of drug-likeness (QED) is 0.216. The Morgan fingerprint density at radius 2 is 1.05 bits per heavy atom. The van der Waals surface area contributed by atoms with E-state index in [2.05, 4.69) is 10.6 Å². The van der Waals surface area contributed by atoms with Crippen LogP contribution in [0, 0.1) is 11.8 Å². The third kappa shape index (κ3) is 10.1. The summed E-state index contributed by atoms with van der Waals surface area (Å²) < 4.78 is 10.5. The Morgan fingerprint density at radius 3 is 1.36 bits per heavy atom. The van der Waals surface area contributed by atoms with Crippen LogP contribution in [0.3, 0.4) is 0 Å². The number of carbonyl (C=O) groups excluding carboxylic acids is 5. The van der Waals surface area contributed by atoms with Crippen molar-refractivity contribution in [1.82, 2.24) is 10.6 Å². The van der Waals surface area contributed by atoms with Gasteiger partial charge in [0.2, 0.25) is 0 Å². The molecule has 6 N–H and O–H groups in total. The number of Topliss-reactive ketones (excluding diaryl/α,β-unsaturated/α-hetero) is 3. The summed E-state index contributed by atoms with van der Waals surface area (Å²) in [7, 11) is 0. The van der Waals surface area contributed by atoms with Crippen molar-refractivity contribution < 1.29 is 33.4 Å². The molecule has 2 rings (SSSR count). The summed E-state index contributed by atoms with van der Waals surface area (Å²) in [5.41, 5.74) is 10.7. The highest BCUT2D eigenvalue weighted by Gasteiger charge is 2.53. The standard InChI is InChI=1S/C31H42N4O7/c1-20(2)15-24(34-29(39)41-18-22-11-7-5-8-12-22)27(37)31(33,26(36)17-32)28(38)25(16-21(3)4)35-30(40)42-19-23-13-9-6-10-14-23/h5-14,20-21,24-25H,15-19,32-33H2,1-4H3,(H,34,39)(H,35,40). The average molecular weight is 583 g/mol. The summed E-state index contributed by atoms with van der Waals surface area (Å²) in [5.74, 6) is -3.40. The highest BCUT2D eigenvalue weighted by Crippen LogP contribution is 2.20. The third-order valence-corrected chi connectivity index (χ3v) is 6.46. The molecule has 0 bridgehead atoms. The Morgan fingerprint density at radius 1 is 0.690 bits per heavy atom. The molecule has 0 saturated carbocycles. The fourth-order valence-electron chi connectivity index (χ4n) is 4.33. The third-order valence-electron chi connectivity index (χ3n) is 6.46. The molecule has 11 nitrogen and oxygen atoms in total. The summed E-state index contributed by atoms with van der Waals surface area (Å²) in [6.45, 7) is 6.36. The second kappa shape index (κ2) is 16.4. The van der Waals surface area contributed by atoms with Gasteiger partial charge in [-0.2, -0.15) is 0 Å². The minimum Gasteiger partial charge on any atom is -0.445 e. The van der Waals surface area contributed by atoms with Crippen molar-refractivity contribution >= 4 is 29.5 Å². The number of nitrogens with two attached hydrogens (primary N) is 2. The summed E-state index contributed by atoms with van der Waals surface area (Å²) in [4.78, 5) is 66.3. The highest BCUT2D eigenvalue weighted by molar-refractivity contribution is 6.32. The molecule has 2 aromatic carbocycles. The number of benzene rings is 2. The van der Waals surface area contributed by atoms with Crippen LogP contribution in [-0.2, 0) is 37.1 Å². The number of carbonyl (C=O) groups is 5. The van der Waals surface area contributed by atoms with Gasteiger partial charge in [-0.15, -0.1) is 0 Å². The lowest BCUT2D eigenvalue weighted by Crippen LogP contribution is -2.71. The lowest BCUT2D eigenvalue weighted by molar-refractivity contribution is -0.144.